The van der Waals surface area contributed by atoms with Crippen LogP contribution in [0.1, 0.15) is 30.3 Å². The van der Waals surface area contributed by atoms with E-state index in [1.165, 1.54) is 17.7 Å². The fourth-order valence-corrected chi connectivity index (χ4v) is 2.99. The normalized spacial score (nSPS) is 17.5. The van der Waals surface area contributed by atoms with Crippen molar-refractivity contribution in [3.05, 3.63) is 41.3 Å². The smallest absolute Gasteiger partial charge is 0.178 e. The molecule has 4 nitrogen and oxygen atoms in total. The van der Waals surface area contributed by atoms with Crippen LogP contribution in [-0.4, -0.2) is 28.0 Å². The highest BCUT2D eigenvalue weighted by Crippen LogP contribution is 2.27. The SMILES string of the molecule is CCNCC1CCc2nc(-c3ccccn3)nc(C)c2C1. The summed E-state index contributed by atoms with van der Waals surface area (Å²) < 4.78 is 0. The van der Waals surface area contributed by atoms with Gasteiger partial charge in [0.15, 0.2) is 5.82 Å². The van der Waals surface area contributed by atoms with E-state index in [0.29, 0.717) is 5.92 Å². The number of rotatable bonds is 4. The number of pyridine rings is 1. The number of aromatic nitrogens is 3. The van der Waals surface area contributed by atoms with E-state index in [1.54, 1.807) is 6.20 Å². The standard InChI is InChI=1S/C17H22N4/c1-3-18-11-13-7-8-15-14(10-13)12(2)20-17(21-15)16-6-4-5-9-19-16/h4-6,9,13,18H,3,7-8,10-11H2,1-2H3. The summed E-state index contributed by atoms with van der Waals surface area (Å²) in [6, 6.07) is 5.87. The van der Waals surface area contributed by atoms with Gasteiger partial charge in [-0.05, 0) is 62.9 Å². The van der Waals surface area contributed by atoms with Crippen LogP contribution in [0, 0.1) is 12.8 Å². The Morgan fingerprint density at radius 2 is 2.19 bits per heavy atom. The van der Waals surface area contributed by atoms with Gasteiger partial charge in [-0.3, -0.25) is 4.98 Å². The van der Waals surface area contributed by atoms with Crippen molar-refractivity contribution < 1.29 is 0 Å². The van der Waals surface area contributed by atoms with Crippen LogP contribution in [-0.2, 0) is 12.8 Å². The molecule has 4 heteroatoms. The molecule has 1 aliphatic carbocycles. The van der Waals surface area contributed by atoms with E-state index in [4.69, 9.17) is 4.98 Å². The number of fused-ring (bicyclic) bond motifs is 1. The van der Waals surface area contributed by atoms with Crippen LogP contribution in [0.3, 0.4) is 0 Å². The first kappa shape index (κ1) is 14.1. The molecule has 21 heavy (non-hydrogen) atoms. The molecule has 2 aromatic heterocycles. The molecule has 1 unspecified atom stereocenters. The molecule has 0 fully saturated rings. The third-order valence-electron chi connectivity index (χ3n) is 4.16. The minimum absolute atomic E-state index is 0.709. The van der Waals surface area contributed by atoms with Gasteiger partial charge in [0.1, 0.15) is 5.69 Å². The lowest BCUT2D eigenvalue weighted by molar-refractivity contribution is 0.423. The Labute approximate surface area is 126 Å². The molecule has 0 saturated carbocycles. The number of nitrogens with one attached hydrogen (secondary N) is 1. The molecule has 1 aliphatic rings. The minimum Gasteiger partial charge on any atom is -0.317 e. The Bertz CT molecular complexity index is 610. The van der Waals surface area contributed by atoms with Crippen molar-refractivity contribution in [1.29, 1.82) is 0 Å². The van der Waals surface area contributed by atoms with Crippen molar-refractivity contribution in [1.82, 2.24) is 20.3 Å². The van der Waals surface area contributed by atoms with Crippen LogP contribution >= 0.6 is 0 Å². The van der Waals surface area contributed by atoms with Crippen LogP contribution in [0.25, 0.3) is 11.5 Å². The predicted octanol–water partition coefficient (Wildman–Crippen LogP) is 2.56. The molecule has 2 heterocycles. The molecule has 0 radical (unpaired) electrons. The van der Waals surface area contributed by atoms with Crippen LogP contribution in [0.2, 0.25) is 0 Å². The minimum atomic E-state index is 0.709. The van der Waals surface area contributed by atoms with Gasteiger partial charge in [-0.15, -0.1) is 0 Å². The zero-order valence-electron chi connectivity index (χ0n) is 12.8. The molecule has 0 aromatic carbocycles. The maximum absolute atomic E-state index is 4.77. The summed E-state index contributed by atoms with van der Waals surface area (Å²) >= 11 is 0. The van der Waals surface area contributed by atoms with Crippen molar-refractivity contribution in [3.63, 3.8) is 0 Å². The number of hydrogen-bond acceptors (Lipinski definition) is 4. The third-order valence-corrected chi connectivity index (χ3v) is 4.16. The van der Waals surface area contributed by atoms with Gasteiger partial charge in [-0.25, -0.2) is 9.97 Å². The fraction of sp³-hybridized carbons (Fsp3) is 0.471. The van der Waals surface area contributed by atoms with E-state index >= 15 is 0 Å². The molecule has 0 amide bonds. The predicted molar refractivity (Wildman–Crippen MR) is 84.1 cm³/mol. The van der Waals surface area contributed by atoms with Crippen molar-refractivity contribution in [2.24, 2.45) is 5.92 Å². The second kappa shape index (κ2) is 6.31. The Morgan fingerprint density at radius 1 is 1.29 bits per heavy atom. The van der Waals surface area contributed by atoms with E-state index in [0.717, 1.165) is 43.1 Å². The summed E-state index contributed by atoms with van der Waals surface area (Å²) in [5.74, 6) is 1.47. The monoisotopic (exact) mass is 282 g/mol. The first-order chi connectivity index (χ1) is 10.3. The summed E-state index contributed by atoms with van der Waals surface area (Å²) in [5, 5.41) is 3.45. The Kier molecular flexibility index (Phi) is 4.25. The van der Waals surface area contributed by atoms with Crippen molar-refractivity contribution in [2.75, 3.05) is 13.1 Å². The summed E-state index contributed by atoms with van der Waals surface area (Å²) in [5.41, 5.74) is 4.54. The van der Waals surface area contributed by atoms with E-state index < -0.39 is 0 Å². The maximum atomic E-state index is 4.77. The number of aryl methyl sites for hydroxylation is 2. The highest BCUT2D eigenvalue weighted by molar-refractivity contribution is 5.50. The quantitative estimate of drug-likeness (QED) is 0.936. The fourth-order valence-electron chi connectivity index (χ4n) is 2.99. The molecular formula is C17H22N4. The van der Waals surface area contributed by atoms with Crippen LogP contribution in [0.15, 0.2) is 24.4 Å². The topological polar surface area (TPSA) is 50.7 Å². The molecule has 1 atom stereocenters. The maximum Gasteiger partial charge on any atom is 0.178 e. The van der Waals surface area contributed by atoms with Crippen molar-refractivity contribution in [2.45, 2.75) is 33.1 Å². The Hall–Kier alpha value is -1.81. The van der Waals surface area contributed by atoms with Gasteiger partial charge < -0.3 is 5.32 Å². The van der Waals surface area contributed by atoms with E-state index in [9.17, 15) is 0 Å². The van der Waals surface area contributed by atoms with Crippen molar-refractivity contribution in [3.8, 4) is 11.5 Å². The average molecular weight is 282 g/mol. The van der Waals surface area contributed by atoms with Crippen LogP contribution in [0.5, 0.6) is 0 Å². The van der Waals surface area contributed by atoms with Crippen LogP contribution in [0.4, 0.5) is 0 Å². The van der Waals surface area contributed by atoms with Gasteiger partial charge >= 0.3 is 0 Å². The molecular weight excluding hydrogens is 260 g/mol. The van der Waals surface area contributed by atoms with Gasteiger partial charge in [-0.2, -0.15) is 0 Å². The first-order valence-electron chi connectivity index (χ1n) is 7.76. The molecule has 110 valence electrons. The summed E-state index contributed by atoms with van der Waals surface area (Å²) in [4.78, 5) is 13.8. The first-order valence-corrected chi connectivity index (χ1v) is 7.76. The van der Waals surface area contributed by atoms with Gasteiger partial charge in [-0.1, -0.05) is 13.0 Å². The largest absolute Gasteiger partial charge is 0.317 e. The molecule has 0 bridgehead atoms. The second-order valence-electron chi connectivity index (χ2n) is 5.69. The van der Waals surface area contributed by atoms with E-state index in [1.807, 2.05) is 18.2 Å². The molecule has 0 saturated heterocycles. The zero-order valence-corrected chi connectivity index (χ0v) is 12.8. The van der Waals surface area contributed by atoms with E-state index in [2.05, 4.69) is 29.1 Å². The highest BCUT2D eigenvalue weighted by atomic mass is 14.9. The third kappa shape index (κ3) is 3.10. The highest BCUT2D eigenvalue weighted by Gasteiger charge is 2.22. The Morgan fingerprint density at radius 3 is 2.95 bits per heavy atom. The van der Waals surface area contributed by atoms with Gasteiger partial charge in [0.2, 0.25) is 0 Å². The number of hydrogen-bond donors (Lipinski definition) is 1. The van der Waals surface area contributed by atoms with Crippen LogP contribution < -0.4 is 5.32 Å². The molecule has 0 spiro atoms. The summed E-state index contributed by atoms with van der Waals surface area (Å²) in [6.07, 6.45) is 5.14. The Balaban J connectivity index is 1.87. The van der Waals surface area contributed by atoms with Gasteiger partial charge in [0, 0.05) is 17.6 Å². The summed E-state index contributed by atoms with van der Waals surface area (Å²) in [7, 11) is 0. The van der Waals surface area contributed by atoms with Gasteiger partial charge in [0.05, 0.1) is 0 Å². The lowest BCUT2D eigenvalue weighted by Gasteiger charge is -2.25. The molecule has 3 rings (SSSR count). The summed E-state index contributed by atoms with van der Waals surface area (Å²) in [6.45, 7) is 6.39. The lowest BCUT2D eigenvalue weighted by atomic mass is 9.85. The lowest BCUT2D eigenvalue weighted by Crippen LogP contribution is -2.28. The van der Waals surface area contributed by atoms with Crippen molar-refractivity contribution >= 4 is 0 Å². The second-order valence-corrected chi connectivity index (χ2v) is 5.69. The van der Waals surface area contributed by atoms with E-state index in [-0.39, 0.29) is 0 Å². The molecule has 2 aromatic rings. The van der Waals surface area contributed by atoms with Gasteiger partial charge in [0.25, 0.3) is 0 Å². The molecule has 1 N–H and O–H groups in total. The molecule has 0 aliphatic heterocycles. The number of nitrogens with zero attached hydrogens (tertiary/aromatic N) is 3. The average Bonchev–Trinajstić information content (AvgIpc) is 2.54. The zero-order chi connectivity index (χ0) is 14.7.